The maximum Gasteiger partial charge on any atom is 0.126 e. The molecule has 0 fully saturated rings. The molecule has 1 aromatic heterocycles. The van der Waals surface area contributed by atoms with Gasteiger partial charge in [-0.2, -0.15) is 0 Å². The first-order valence-electron chi connectivity index (χ1n) is 5.93. The van der Waals surface area contributed by atoms with Gasteiger partial charge in [-0.15, -0.1) is 0 Å². The van der Waals surface area contributed by atoms with E-state index in [-0.39, 0.29) is 18.0 Å². The first-order chi connectivity index (χ1) is 9.51. The normalized spacial score (nSPS) is 12.4. The molecule has 1 heterocycles. The van der Waals surface area contributed by atoms with Gasteiger partial charge in [-0.05, 0) is 43.3 Å². The molecule has 20 heavy (non-hydrogen) atoms. The molecule has 2 nitrogen and oxygen atoms in total. The molecular weight excluding hydrogens is 305 g/mol. The topological polar surface area (TPSA) is 24.9 Å². The average molecular weight is 317 g/mol. The molecule has 0 bridgehead atoms. The smallest absolute Gasteiger partial charge is 0.126 e. The molecular formula is C14H12Cl2F2N2. The average Bonchev–Trinajstić information content (AvgIpc) is 2.40. The van der Waals surface area contributed by atoms with Crippen LogP contribution in [-0.4, -0.2) is 12.0 Å². The lowest BCUT2D eigenvalue weighted by molar-refractivity contribution is 0.536. The van der Waals surface area contributed by atoms with E-state index in [0.717, 1.165) is 12.1 Å². The predicted molar refractivity (Wildman–Crippen MR) is 76.1 cm³/mol. The Labute approximate surface area is 125 Å². The third-order valence-corrected chi connectivity index (χ3v) is 3.46. The number of benzene rings is 1. The molecule has 2 rings (SSSR count). The highest BCUT2D eigenvalue weighted by Gasteiger charge is 2.17. The summed E-state index contributed by atoms with van der Waals surface area (Å²) in [6.45, 7) is 0. The van der Waals surface area contributed by atoms with E-state index in [2.05, 4.69) is 10.3 Å². The summed E-state index contributed by atoms with van der Waals surface area (Å²) >= 11 is 11.9. The van der Waals surface area contributed by atoms with Gasteiger partial charge in [-0.1, -0.05) is 23.2 Å². The molecule has 2 aromatic rings. The first-order valence-corrected chi connectivity index (χ1v) is 6.69. The van der Waals surface area contributed by atoms with Crippen molar-refractivity contribution in [3.05, 3.63) is 63.4 Å². The highest BCUT2D eigenvalue weighted by atomic mass is 35.5. The van der Waals surface area contributed by atoms with E-state index in [9.17, 15) is 8.78 Å². The monoisotopic (exact) mass is 316 g/mol. The Kier molecular flexibility index (Phi) is 4.91. The third-order valence-electron chi connectivity index (χ3n) is 2.95. The fourth-order valence-corrected chi connectivity index (χ4v) is 2.45. The third kappa shape index (κ3) is 3.45. The molecule has 0 aliphatic rings. The highest BCUT2D eigenvalue weighted by Crippen LogP contribution is 2.26. The van der Waals surface area contributed by atoms with Crippen molar-refractivity contribution in [2.75, 3.05) is 7.05 Å². The molecule has 106 valence electrons. The molecule has 0 aliphatic heterocycles. The fraction of sp³-hybridized carbons (Fsp3) is 0.214. The van der Waals surface area contributed by atoms with Gasteiger partial charge in [0.05, 0.1) is 21.8 Å². The number of hydrogen-bond donors (Lipinski definition) is 1. The van der Waals surface area contributed by atoms with Crippen molar-refractivity contribution >= 4 is 23.2 Å². The van der Waals surface area contributed by atoms with Crippen LogP contribution in [0.1, 0.15) is 17.3 Å². The zero-order valence-corrected chi connectivity index (χ0v) is 12.1. The van der Waals surface area contributed by atoms with Crippen LogP contribution in [0.25, 0.3) is 0 Å². The molecule has 1 atom stereocenters. The van der Waals surface area contributed by atoms with E-state index < -0.39 is 11.6 Å². The number of nitrogens with zero attached hydrogens (tertiary/aromatic N) is 1. The maximum atomic E-state index is 13.7. The molecule has 1 N–H and O–H groups in total. The summed E-state index contributed by atoms with van der Waals surface area (Å²) < 4.78 is 26.9. The zero-order chi connectivity index (χ0) is 14.7. The lowest BCUT2D eigenvalue weighted by atomic mass is 10.0. The Hall–Kier alpha value is -1.23. The van der Waals surface area contributed by atoms with E-state index in [1.54, 1.807) is 13.1 Å². The van der Waals surface area contributed by atoms with Crippen LogP contribution in [0.2, 0.25) is 10.0 Å². The first kappa shape index (κ1) is 15.2. The minimum atomic E-state index is -0.480. The summed E-state index contributed by atoms with van der Waals surface area (Å²) in [4.78, 5) is 4.15. The quantitative estimate of drug-likeness (QED) is 0.915. The van der Waals surface area contributed by atoms with Crippen LogP contribution >= 0.6 is 23.2 Å². The minimum Gasteiger partial charge on any atom is -0.311 e. The number of nitrogens with one attached hydrogen (secondary N) is 1. The van der Waals surface area contributed by atoms with E-state index in [0.29, 0.717) is 15.7 Å². The lowest BCUT2D eigenvalue weighted by Gasteiger charge is -2.17. The number of halogens is 4. The van der Waals surface area contributed by atoms with Crippen molar-refractivity contribution in [2.24, 2.45) is 0 Å². The second-order valence-corrected chi connectivity index (χ2v) is 5.15. The summed E-state index contributed by atoms with van der Waals surface area (Å²) in [6.07, 6.45) is 1.70. The Balaban J connectivity index is 2.31. The van der Waals surface area contributed by atoms with Crippen LogP contribution in [0.4, 0.5) is 8.78 Å². The van der Waals surface area contributed by atoms with Gasteiger partial charge in [0.15, 0.2) is 0 Å². The Bertz CT molecular complexity index is 620. The van der Waals surface area contributed by atoms with Crippen LogP contribution < -0.4 is 5.32 Å². The van der Waals surface area contributed by atoms with Crippen LogP contribution in [0, 0.1) is 11.6 Å². The highest BCUT2D eigenvalue weighted by molar-refractivity contribution is 6.34. The lowest BCUT2D eigenvalue weighted by Crippen LogP contribution is -2.21. The van der Waals surface area contributed by atoms with E-state index in [4.69, 9.17) is 23.2 Å². The molecule has 6 heteroatoms. The van der Waals surface area contributed by atoms with Gasteiger partial charge in [0, 0.05) is 6.20 Å². The van der Waals surface area contributed by atoms with Gasteiger partial charge < -0.3 is 5.32 Å². The van der Waals surface area contributed by atoms with Crippen molar-refractivity contribution in [3.8, 4) is 0 Å². The standard InChI is InChI=1S/C14H12Cl2F2N2/c1-19-13(14-11(16)6-9(15)7-20-14)5-8-4-10(17)2-3-12(8)18/h2-4,6-7,13,19H,5H2,1H3. The van der Waals surface area contributed by atoms with E-state index in [1.807, 2.05) is 0 Å². The molecule has 1 unspecified atom stereocenters. The summed E-state index contributed by atoms with van der Waals surface area (Å²) in [7, 11) is 1.70. The maximum absolute atomic E-state index is 13.7. The van der Waals surface area contributed by atoms with Crippen molar-refractivity contribution < 1.29 is 8.78 Å². The van der Waals surface area contributed by atoms with Crippen LogP contribution in [0.15, 0.2) is 30.5 Å². The van der Waals surface area contributed by atoms with Gasteiger partial charge in [0.25, 0.3) is 0 Å². The fourth-order valence-electron chi connectivity index (χ4n) is 1.94. The summed E-state index contributed by atoms with van der Waals surface area (Å²) in [5.74, 6) is -0.942. The van der Waals surface area contributed by atoms with Gasteiger partial charge in [0.1, 0.15) is 11.6 Å². The zero-order valence-electron chi connectivity index (χ0n) is 10.6. The molecule has 0 radical (unpaired) electrons. The van der Waals surface area contributed by atoms with Crippen molar-refractivity contribution in [1.29, 1.82) is 0 Å². The molecule has 0 aliphatic carbocycles. The van der Waals surface area contributed by atoms with Crippen LogP contribution in [-0.2, 0) is 6.42 Å². The van der Waals surface area contributed by atoms with Crippen molar-refractivity contribution in [1.82, 2.24) is 10.3 Å². The Morgan fingerprint density at radius 2 is 2.00 bits per heavy atom. The van der Waals surface area contributed by atoms with Crippen LogP contribution in [0.5, 0.6) is 0 Å². The molecule has 0 amide bonds. The van der Waals surface area contributed by atoms with Crippen molar-refractivity contribution in [2.45, 2.75) is 12.5 Å². The largest absolute Gasteiger partial charge is 0.311 e. The number of aromatic nitrogens is 1. The second kappa shape index (κ2) is 6.48. The molecule has 1 aromatic carbocycles. The summed E-state index contributed by atoms with van der Waals surface area (Å²) in [5, 5.41) is 3.80. The Morgan fingerprint density at radius 3 is 2.65 bits per heavy atom. The number of rotatable bonds is 4. The van der Waals surface area contributed by atoms with Gasteiger partial charge in [0.2, 0.25) is 0 Å². The molecule has 0 saturated carbocycles. The summed E-state index contributed by atoms with van der Waals surface area (Å²) in [5.41, 5.74) is 0.805. The van der Waals surface area contributed by atoms with E-state index in [1.165, 1.54) is 12.3 Å². The number of hydrogen-bond acceptors (Lipinski definition) is 2. The van der Waals surface area contributed by atoms with Gasteiger partial charge in [-0.3, -0.25) is 4.98 Å². The SMILES string of the molecule is CNC(Cc1cc(F)ccc1F)c1ncc(Cl)cc1Cl. The van der Waals surface area contributed by atoms with Gasteiger partial charge in [-0.25, -0.2) is 8.78 Å². The van der Waals surface area contributed by atoms with Crippen molar-refractivity contribution in [3.63, 3.8) is 0 Å². The number of pyridine rings is 1. The molecule has 0 saturated heterocycles. The predicted octanol–water partition coefficient (Wildman–Crippen LogP) is 4.17. The van der Waals surface area contributed by atoms with Crippen LogP contribution in [0.3, 0.4) is 0 Å². The number of likely N-dealkylation sites (N-methyl/N-ethyl adjacent to an activating group) is 1. The Morgan fingerprint density at radius 1 is 1.25 bits per heavy atom. The molecule has 0 spiro atoms. The van der Waals surface area contributed by atoms with Gasteiger partial charge >= 0.3 is 0 Å². The van der Waals surface area contributed by atoms with E-state index >= 15 is 0 Å². The minimum absolute atomic E-state index is 0.231. The summed E-state index contributed by atoms with van der Waals surface area (Å²) in [6, 6.07) is 4.59. The second-order valence-electron chi connectivity index (χ2n) is 4.30.